The highest BCUT2D eigenvalue weighted by Crippen LogP contribution is 2.29. The first-order valence-electron chi connectivity index (χ1n) is 9.88. The number of nitrogens with zero attached hydrogens (tertiary/aromatic N) is 5. The second-order valence-electron chi connectivity index (χ2n) is 7.02. The average Bonchev–Trinajstić information content (AvgIpc) is 3.45. The van der Waals surface area contributed by atoms with Gasteiger partial charge in [-0.25, -0.2) is 4.68 Å². The number of carbonyl (C=O) groups is 1. The van der Waals surface area contributed by atoms with Crippen LogP contribution in [0, 0.1) is 0 Å². The fourth-order valence-electron chi connectivity index (χ4n) is 3.43. The minimum atomic E-state index is -0.0781. The van der Waals surface area contributed by atoms with Crippen LogP contribution in [-0.2, 0) is 11.3 Å². The minimum Gasteiger partial charge on any atom is -0.497 e. The Morgan fingerprint density at radius 1 is 1.13 bits per heavy atom. The molecule has 4 rings (SSSR count). The molecule has 0 radical (unpaired) electrons. The predicted octanol–water partition coefficient (Wildman–Crippen LogP) is 3.06. The van der Waals surface area contributed by atoms with Crippen LogP contribution >= 0.6 is 11.8 Å². The number of rotatable bonds is 8. The van der Waals surface area contributed by atoms with Crippen molar-refractivity contribution in [3.63, 3.8) is 0 Å². The summed E-state index contributed by atoms with van der Waals surface area (Å²) in [6.07, 6.45) is 2.38. The van der Waals surface area contributed by atoms with Gasteiger partial charge in [-0.1, -0.05) is 36.0 Å². The largest absolute Gasteiger partial charge is 0.497 e. The normalized spacial score (nSPS) is 13.4. The molecule has 9 heteroatoms. The number of nitrogens with one attached hydrogen (secondary N) is 1. The van der Waals surface area contributed by atoms with Crippen molar-refractivity contribution >= 4 is 29.0 Å². The first kappa shape index (κ1) is 20.2. The number of hydrogen-bond acceptors (Lipinski definition) is 7. The number of anilines is 2. The SMILES string of the molecule is COc1ccc(Cn2nnnc2SCC(=O)Nc2ccccc2N2CCCC2)cc1. The molecule has 3 aromatic rings. The number of amides is 1. The lowest BCUT2D eigenvalue weighted by Crippen LogP contribution is -2.21. The zero-order valence-electron chi connectivity index (χ0n) is 16.8. The molecule has 2 aromatic carbocycles. The maximum Gasteiger partial charge on any atom is 0.234 e. The molecule has 1 saturated heterocycles. The minimum absolute atomic E-state index is 0.0781. The monoisotopic (exact) mass is 424 g/mol. The Kier molecular flexibility index (Phi) is 6.48. The van der Waals surface area contributed by atoms with E-state index in [1.165, 1.54) is 24.6 Å². The van der Waals surface area contributed by atoms with E-state index in [-0.39, 0.29) is 11.7 Å². The van der Waals surface area contributed by atoms with Crippen LogP contribution in [0.15, 0.2) is 53.7 Å². The predicted molar refractivity (Wildman–Crippen MR) is 117 cm³/mol. The molecule has 0 bridgehead atoms. The number of thioether (sulfide) groups is 1. The number of aromatic nitrogens is 4. The number of methoxy groups -OCH3 is 1. The summed E-state index contributed by atoms with van der Waals surface area (Å²) in [6.45, 7) is 2.59. The molecule has 0 unspecified atom stereocenters. The summed E-state index contributed by atoms with van der Waals surface area (Å²) in [5.74, 6) is 0.957. The lowest BCUT2D eigenvalue weighted by Gasteiger charge is -2.21. The number of benzene rings is 2. The van der Waals surface area contributed by atoms with Crippen LogP contribution in [0.1, 0.15) is 18.4 Å². The molecule has 1 aliphatic heterocycles. The Labute approximate surface area is 179 Å². The molecule has 0 atom stereocenters. The Morgan fingerprint density at radius 2 is 1.90 bits per heavy atom. The standard InChI is InChI=1S/C21H24N6O2S/c1-29-17-10-8-16(9-11-17)14-27-21(23-24-25-27)30-15-20(28)22-18-6-2-3-7-19(18)26-12-4-5-13-26/h2-3,6-11H,4-5,12-15H2,1H3,(H,22,28). The van der Waals surface area contributed by atoms with Crippen LogP contribution in [0.2, 0.25) is 0 Å². The average molecular weight is 425 g/mol. The van der Waals surface area contributed by atoms with Crippen molar-refractivity contribution in [1.29, 1.82) is 0 Å². The molecular weight excluding hydrogens is 400 g/mol. The fourth-order valence-corrected chi connectivity index (χ4v) is 4.11. The number of hydrogen-bond donors (Lipinski definition) is 1. The Morgan fingerprint density at radius 3 is 2.67 bits per heavy atom. The van der Waals surface area contributed by atoms with Crippen molar-refractivity contribution in [3.8, 4) is 5.75 Å². The second kappa shape index (κ2) is 9.62. The summed E-state index contributed by atoms with van der Waals surface area (Å²) in [7, 11) is 1.64. The van der Waals surface area contributed by atoms with Gasteiger partial charge in [-0.2, -0.15) is 0 Å². The van der Waals surface area contributed by atoms with Gasteiger partial charge < -0.3 is 15.0 Å². The Hall–Kier alpha value is -3.07. The van der Waals surface area contributed by atoms with E-state index >= 15 is 0 Å². The van der Waals surface area contributed by atoms with Gasteiger partial charge in [0.25, 0.3) is 0 Å². The van der Waals surface area contributed by atoms with E-state index in [9.17, 15) is 4.79 Å². The van der Waals surface area contributed by atoms with Crippen LogP contribution in [-0.4, -0.2) is 52.1 Å². The van der Waals surface area contributed by atoms with Crippen molar-refractivity contribution in [2.45, 2.75) is 24.5 Å². The van der Waals surface area contributed by atoms with E-state index < -0.39 is 0 Å². The van der Waals surface area contributed by atoms with Gasteiger partial charge >= 0.3 is 0 Å². The zero-order valence-corrected chi connectivity index (χ0v) is 17.6. The van der Waals surface area contributed by atoms with Gasteiger partial charge in [-0.15, -0.1) is 5.10 Å². The molecule has 8 nitrogen and oxygen atoms in total. The molecular formula is C21H24N6O2S. The van der Waals surface area contributed by atoms with Crippen LogP contribution < -0.4 is 15.0 Å². The molecule has 30 heavy (non-hydrogen) atoms. The van der Waals surface area contributed by atoms with E-state index in [1.807, 2.05) is 42.5 Å². The highest BCUT2D eigenvalue weighted by atomic mass is 32.2. The molecule has 0 saturated carbocycles. The molecule has 1 fully saturated rings. The van der Waals surface area contributed by atoms with Crippen LogP contribution in [0.4, 0.5) is 11.4 Å². The summed E-state index contributed by atoms with van der Waals surface area (Å²) in [5.41, 5.74) is 2.98. The van der Waals surface area contributed by atoms with E-state index in [1.54, 1.807) is 11.8 Å². The third kappa shape index (κ3) is 4.91. The maximum atomic E-state index is 12.6. The summed E-state index contributed by atoms with van der Waals surface area (Å²) in [5, 5.41) is 15.5. The smallest absolute Gasteiger partial charge is 0.234 e. The molecule has 156 valence electrons. The molecule has 0 aliphatic carbocycles. The van der Waals surface area contributed by atoms with Crippen LogP contribution in [0.25, 0.3) is 0 Å². The van der Waals surface area contributed by atoms with Crippen molar-refractivity contribution in [1.82, 2.24) is 20.2 Å². The lowest BCUT2D eigenvalue weighted by molar-refractivity contribution is -0.113. The molecule has 0 spiro atoms. The molecule has 1 N–H and O–H groups in total. The fraction of sp³-hybridized carbons (Fsp3) is 0.333. The Bertz CT molecular complexity index is 985. The van der Waals surface area contributed by atoms with E-state index in [4.69, 9.17) is 4.74 Å². The summed E-state index contributed by atoms with van der Waals surface area (Å²) >= 11 is 1.32. The topological polar surface area (TPSA) is 85.2 Å². The molecule has 2 heterocycles. The van der Waals surface area contributed by atoms with Gasteiger partial charge in [-0.05, 0) is 53.1 Å². The number of tetrazole rings is 1. The van der Waals surface area contributed by atoms with E-state index in [0.29, 0.717) is 11.7 Å². The van der Waals surface area contributed by atoms with Crippen LogP contribution in [0.5, 0.6) is 5.75 Å². The van der Waals surface area contributed by atoms with E-state index in [2.05, 4.69) is 31.8 Å². The number of para-hydroxylation sites is 2. The number of carbonyl (C=O) groups excluding carboxylic acids is 1. The molecule has 1 aromatic heterocycles. The van der Waals surface area contributed by atoms with Crippen molar-refractivity contribution in [2.24, 2.45) is 0 Å². The Balaban J connectivity index is 1.35. The summed E-state index contributed by atoms with van der Waals surface area (Å²) in [6, 6.07) is 15.7. The van der Waals surface area contributed by atoms with Gasteiger partial charge in [0, 0.05) is 13.1 Å². The van der Waals surface area contributed by atoms with Gasteiger partial charge in [0.2, 0.25) is 11.1 Å². The van der Waals surface area contributed by atoms with Gasteiger partial charge in [0.15, 0.2) is 0 Å². The molecule has 1 aliphatic rings. The van der Waals surface area contributed by atoms with Crippen molar-refractivity contribution in [3.05, 3.63) is 54.1 Å². The van der Waals surface area contributed by atoms with E-state index in [0.717, 1.165) is 35.8 Å². The zero-order chi connectivity index (χ0) is 20.8. The second-order valence-corrected chi connectivity index (χ2v) is 7.96. The van der Waals surface area contributed by atoms with Crippen molar-refractivity contribution < 1.29 is 9.53 Å². The first-order chi connectivity index (χ1) is 14.7. The first-order valence-corrected chi connectivity index (χ1v) is 10.9. The highest BCUT2D eigenvalue weighted by molar-refractivity contribution is 7.99. The summed E-state index contributed by atoms with van der Waals surface area (Å²) < 4.78 is 6.88. The highest BCUT2D eigenvalue weighted by Gasteiger charge is 2.17. The van der Waals surface area contributed by atoms with Crippen LogP contribution in [0.3, 0.4) is 0 Å². The lowest BCUT2D eigenvalue weighted by atomic mass is 10.2. The third-order valence-electron chi connectivity index (χ3n) is 4.95. The quantitative estimate of drug-likeness (QED) is 0.556. The van der Waals surface area contributed by atoms with Gasteiger partial charge in [-0.3, -0.25) is 4.79 Å². The third-order valence-corrected chi connectivity index (χ3v) is 5.90. The summed E-state index contributed by atoms with van der Waals surface area (Å²) in [4.78, 5) is 14.9. The van der Waals surface area contributed by atoms with Crippen molar-refractivity contribution in [2.75, 3.05) is 36.2 Å². The van der Waals surface area contributed by atoms with Gasteiger partial charge in [0.1, 0.15) is 5.75 Å². The molecule has 1 amide bonds. The maximum absolute atomic E-state index is 12.6. The van der Waals surface area contributed by atoms with Gasteiger partial charge in [0.05, 0.1) is 30.8 Å². The number of ether oxygens (including phenoxy) is 1.